The van der Waals surface area contributed by atoms with Crippen molar-refractivity contribution in [3.63, 3.8) is 0 Å². The molecular weight excluding hydrogens is 169 g/mol. The van der Waals surface area contributed by atoms with Gasteiger partial charge in [-0.05, 0) is 18.6 Å². The normalized spacial score (nSPS) is 10.8. The van der Waals surface area contributed by atoms with Crippen molar-refractivity contribution < 1.29 is 18.3 Å². The minimum Gasteiger partial charge on any atom is -0.508 e. The third-order valence-corrected chi connectivity index (χ3v) is 1.54. The molecule has 66 valence electrons. The van der Waals surface area contributed by atoms with Crippen LogP contribution in [0, 0.1) is 12.7 Å². The van der Waals surface area contributed by atoms with Gasteiger partial charge in [0.2, 0.25) is 0 Å². The molecule has 12 heavy (non-hydrogen) atoms. The van der Waals surface area contributed by atoms with Crippen LogP contribution in [0.5, 0.6) is 5.75 Å². The highest BCUT2D eigenvalue weighted by Gasteiger charge is 2.16. The smallest absolute Gasteiger partial charge is 0.266 e. The standard InChI is InChI=1S/C8H7F3O/c1-4-2-5(12)3-6(9)7(4)8(10)11/h2-3,8,12H,1H3. The highest BCUT2D eigenvalue weighted by Crippen LogP contribution is 2.28. The first-order chi connectivity index (χ1) is 5.52. The van der Waals surface area contributed by atoms with Crippen molar-refractivity contribution in [2.75, 3.05) is 0 Å². The zero-order valence-corrected chi connectivity index (χ0v) is 6.31. The van der Waals surface area contributed by atoms with E-state index in [9.17, 15) is 13.2 Å². The molecular formula is C8H7F3O. The van der Waals surface area contributed by atoms with E-state index in [0.717, 1.165) is 6.07 Å². The largest absolute Gasteiger partial charge is 0.508 e. The lowest BCUT2D eigenvalue weighted by Gasteiger charge is -2.05. The van der Waals surface area contributed by atoms with E-state index in [1.165, 1.54) is 6.92 Å². The topological polar surface area (TPSA) is 20.2 Å². The molecule has 0 aromatic heterocycles. The molecule has 4 heteroatoms. The summed E-state index contributed by atoms with van der Waals surface area (Å²) in [4.78, 5) is 0. The molecule has 1 aromatic rings. The van der Waals surface area contributed by atoms with Crippen LogP contribution in [0.1, 0.15) is 17.6 Å². The summed E-state index contributed by atoms with van der Waals surface area (Å²) >= 11 is 0. The maximum atomic E-state index is 12.7. The zero-order chi connectivity index (χ0) is 9.30. The van der Waals surface area contributed by atoms with E-state index >= 15 is 0 Å². The molecule has 0 atom stereocenters. The Bertz CT molecular complexity index is 273. The lowest BCUT2D eigenvalue weighted by atomic mass is 10.1. The minimum absolute atomic E-state index is 0.0579. The van der Waals surface area contributed by atoms with E-state index < -0.39 is 17.8 Å². The van der Waals surface area contributed by atoms with Gasteiger partial charge >= 0.3 is 0 Å². The first-order valence-electron chi connectivity index (χ1n) is 3.29. The third kappa shape index (κ3) is 1.52. The second kappa shape index (κ2) is 3.05. The summed E-state index contributed by atoms with van der Waals surface area (Å²) in [6.45, 7) is 1.32. The molecule has 1 nitrogen and oxygen atoms in total. The fourth-order valence-corrected chi connectivity index (χ4v) is 1.01. The maximum absolute atomic E-state index is 12.7. The number of phenolic OH excluding ortho intramolecular Hbond substituents is 1. The fourth-order valence-electron chi connectivity index (χ4n) is 1.01. The first-order valence-corrected chi connectivity index (χ1v) is 3.29. The molecule has 0 amide bonds. The van der Waals surface area contributed by atoms with Gasteiger partial charge in [0, 0.05) is 6.07 Å². The van der Waals surface area contributed by atoms with E-state index in [1.807, 2.05) is 0 Å². The lowest BCUT2D eigenvalue weighted by Crippen LogP contribution is -1.94. The van der Waals surface area contributed by atoms with E-state index in [4.69, 9.17) is 5.11 Å². The second-order valence-corrected chi connectivity index (χ2v) is 2.46. The quantitative estimate of drug-likeness (QED) is 0.697. The molecule has 0 aliphatic heterocycles. The zero-order valence-electron chi connectivity index (χ0n) is 6.31. The molecule has 0 saturated heterocycles. The summed E-state index contributed by atoms with van der Waals surface area (Å²) in [5.41, 5.74) is -0.588. The highest BCUT2D eigenvalue weighted by molar-refractivity contribution is 5.35. The number of phenols is 1. The SMILES string of the molecule is Cc1cc(O)cc(F)c1C(F)F. The fraction of sp³-hybridized carbons (Fsp3) is 0.250. The molecule has 1 rings (SSSR count). The van der Waals surface area contributed by atoms with Crippen LogP contribution in [0.2, 0.25) is 0 Å². The van der Waals surface area contributed by atoms with Gasteiger partial charge in [0.15, 0.2) is 0 Å². The predicted octanol–water partition coefficient (Wildman–Crippen LogP) is 2.78. The van der Waals surface area contributed by atoms with Crippen molar-refractivity contribution in [1.82, 2.24) is 0 Å². The highest BCUT2D eigenvalue weighted by atomic mass is 19.3. The number of alkyl halides is 2. The Morgan fingerprint density at radius 1 is 1.33 bits per heavy atom. The van der Waals surface area contributed by atoms with E-state index in [1.54, 1.807) is 0 Å². The van der Waals surface area contributed by atoms with Crippen molar-refractivity contribution in [3.05, 3.63) is 29.1 Å². The van der Waals surface area contributed by atoms with Gasteiger partial charge in [0.25, 0.3) is 6.43 Å². The average molecular weight is 176 g/mol. The Hall–Kier alpha value is -1.19. The lowest BCUT2D eigenvalue weighted by molar-refractivity contribution is 0.145. The number of aryl methyl sites for hydroxylation is 1. The molecule has 0 aliphatic carbocycles. The van der Waals surface area contributed by atoms with Gasteiger partial charge in [-0.15, -0.1) is 0 Å². The van der Waals surface area contributed by atoms with E-state index in [-0.39, 0.29) is 11.3 Å². The number of aromatic hydroxyl groups is 1. The van der Waals surface area contributed by atoms with Crippen LogP contribution in [0.3, 0.4) is 0 Å². The Balaban J connectivity index is 3.28. The predicted molar refractivity (Wildman–Crippen MR) is 37.8 cm³/mol. The van der Waals surface area contributed by atoms with Crippen LogP contribution in [-0.2, 0) is 0 Å². The molecule has 0 fully saturated rings. The van der Waals surface area contributed by atoms with Gasteiger partial charge in [-0.3, -0.25) is 0 Å². The molecule has 0 saturated carbocycles. The molecule has 1 N–H and O–H groups in total. The number of rotatable bonds is 1. The van der Waals surface area contributed by atoms with Crippen LogP contribution in [0.25, 0.3) is 0 Å². The summed E-state index contributed by atoms with van der Waals surface area (Å²) in [6.07, 6.45) is -2.84. The molecule has 0 heterocycles. The van der Waals surface area contributed by atoms with E-state index in [2.05, 4.69) is 0 Å². The maximum Gasteiger partial charge on any atom is 0.266 e. The molecule has 0 aliphatic rings. The average Bonchev–Trinajstić information content (AvgIpc) is 1.82. The van der Waals surface area contributed by atoms with Crippen molar-refractivity contribution >= 4 is 0 Å². The molecule has 0 bridgehead atoms. The van der Waals surface area contributed by atoms with Crippen LogP contribution in [0.4, 0.5) is 13.2 Å². The van der Waals surface area contributed by atoms with Gasteiger partial charge in [-0.2, -0.15) is 0 Å². The van der Waals surface area contributed by atoms with E-state index in [0.29, 0.717) is 6.07 Å². The van der Waals surface area contributed by atoms with Crippen molar-refractivity contribution in [2.45, 2.75) is 13.3 Å². The van der Waals surface area contributed by atoms with Crippen LogP contribution >= 0.6 is 0 Å². The summed E-state index contributed by atoms with van der Waals surface area (Å²) in [5, 5.41) is 8.82. The second-order valence-electron chi connectivity index (χ2n) is 2.46. The van der Waals surface area contributed by atoms with Gasteiger partial charge in [0.05, 0.1) is 5.56 Å². The Morgan fingerprint density at radius 2 is 1.92 bits per heavy atom. The number of benzene rings is 1. The van der Waals surface area contributed by atoms with Gasteiger partial charge in [0.1, 0.15) is 11.6 Å². The summed E-state index contributed by atoms with van der Waals surface area (Å²) in [6, 6.07) is 1.78. The van der Waals surface area contributed by atoms with Gasteiger partial charge in [-0.25, -0.2) is 13.2 Å². The van der Waals surface area contributed by atoms with Crippen molar-refractivity contribution in [2.24, 2.45) is 0 Å². The Labute approximate surface area is 67.5 Å². The van der Waals surface area contributed by atoms with Crippen LogP contribution < -0.4 is 0 Å². The Morgan fingerprint density at radius 3 is 2.33 bits per heavy atom. The molecule has 0 spiro atoms. The van der Waals surface area contributed by atoms with Crippen LogP contribution in [0.15, 0.2) is 12.1 Å². The first kappa shape index (κ1) is 8.90. The van der Waals surface area contributed by atoms with Crippen molar-refractivity contribution in [3.8, 4) is 5.75 Å². The van der Waals surface area contributed by atoms with Gasteiger partial charge < -0.3 is 5.11 Å². The minimum atomic E-state index is -2.84. The third-order valence-electron chi connectivity index (χ3n) is 1.54. The molecule has 0 radical (unpaired) electrons. The monoisotopic (exact) mass is 176 g/mol. The number of hydrogen-bond acceptors (Lipinski definition) is 1. The summed E-state index contributed by atoms with van der Waals surface area (Å²) in [7, 11) is 0. The number of hydrogen-bond donors (Lipinski definition) is 1. The van der Waals surface area contributed by atoms with Gasteiger partial charge in [-0.1, -0.05) is 0 Å². The van der Waals surface area contributed by atoms with Crippen molar-refractivity contribution in [1.29, 1.82) is 0 Å². The molecule has 0 unspecified atom stereocenters. The molecule has 1 aromatic carbocycles. The summed E-state index contributed by atoms with van der Waals surface area (Å²) < 4.78 is 36.9. The summed E-state index contributed by atoms with van der Waals surface area (Å²) in [5.74, 6) is -1.41. The van der Waals surface area contributed by atoms with Crippen LogP contribution in [-0.4, -0.2) is 5.11 Å². The Kier molecular flexibility index (Phi) is 2.26. The number of halogens is 3.